The first-order valence-electron chi connectivity index (χ1n) is 10.5. The van der Waals surface area contributed by atoms with Crippen LogP contribution in [0.25, 0.3) is 22.0 Å². The summed E-state index contributed by atoms with van der Waals surface area (Å²) in [5, 5.41) is 2.06. The average Bonchev–Trinajstić information content (AvgIpc) is 3.39. The molecule has 0 saturated carbocycles. The fourth-order valence-electron chi connectivity index (χ4n) is 3.98. The number of nitrogens with zero attached hydrogens (tertiary/aromatic N) is 4. The highest BCUT2D eigenvalue weighted by atomic mass is 32.1. The summed E-state index contributed by atoms with van der Waals surface area (Å²) in [7, 11) is 3.33. The molecule has 0 atom stereocenters. The van der Waals surface area contributed by atoms with Crippen LogP contribution >= 0.6 is 11.3 Å². The quantitative estimate of drug-likeness (QED) is 0.424. The standard InChI is InChI=1S/C25H24N4O2S/c1-30-19-6-8-23(31-2)20(12-19)22-7-5-17(13-26-22)15-29-10-9-21-18(16-29)14-27-25(28-21)24-4-3-11-32-24/h3-8,11-14H,9-10,15-16H2,1-2H3. The molecule has 7 heteroatoms. The molecule has 0 spiro atoms. The predicted octanol–water partition coefficient (Wildman–Crippen LogP) is 4.84. The molecule has 4 aromatic rings. The summed E-state index contributed by atoms with van der Waals surface area (Å²) in [4.78, 5) is 17.6. The van der Waals surface area contributed by atoms with E-state index < -0.39 is 0 Å². The molecule has 1 aromatic carbocycles. The lowest BCUT2D eigenvalue weighted by Gasteiger charge is -2.28. The number of ether oxygens (including phenoxy) is 2. The number of rotatable bonds is 6. The normalized spacial score (nSPS) is 13.6. The van der Waals surface area contributed by atoms with Crippen molar-refractivity contribution in [3.8, 4) is 33.5 Å². The summed E-state index contributed by atoms with van der Waals surface area (Å²) in [5.41, 5.74) is 5.34. The van der Waals surface area contributed by atoms with E-state index in [4.69, 9.17) is 19.4 Å². The SMILES string of the molecule is COc1ccc(OC)c(-c2ccc(CN3CCc4nc(-c5cccs5)ncc4C3)cn2)c1. The molecule has 1 aliphatic heterocycles. The number of hydrogen-bond donors (Lipinski definition) is 0. The zero-order chi connectivity index (χ0) is 21.9. The molecule has 0 amide bonds. The summed E-state index contributed by atoms with van der Waals surface area (Å²) < 4.78 is 10.9. The van der Waals surface area contributed by atoms with E-state index in [0.717, 1.165) is 59.5 Å². The van der Waals surface area contributed by atoms with Gasteiger partial charge in [-0.05, 0) is 41.3 Å². The molecule has 0 N–H and O–H groups in total. The van der Waals surface area contributed by atoms with Crippen molar-refractivity contribution >= 4 is 11.3 Å². The van der Waals surface area contributed by atoms with Crippen LogP contribution in [0.15, 0.2) is 60.2 Å². The Morgan fingerprint density at radius 2 is 1.97 bits per heavy atom. The van der Waals surface area contributed by atoms with Gasteiger partial charge >= 0.3 is 0 Å². The largest absolute Gasteiger partial charge is 0.497 e. The highest BCUT2D eigenvalue weighted by molar-refractivity contribution is 7.13. The van der Waals surface area contributed by atoms with Crippen LogP contribution in [0.3, 0.4) is 0 Å². The first-order valence-corrected chi connectivity index (χ1v) is 11.4. The van der Waals surface area contributed by atoms with Crippen molar-refractivity contribution in [3.05, 3.63) is 77.1 Å². The summed E-state index contributed by atoms with van der Waals surface area (Å²) in [6, 6.07) is 14.0. The van der Waals surface area contributed by atoms with Gasteiger partial charge in [-0.3, -0.25) is 9.88 Å². The van der Waals surface area contributed by atoms with Crippen molar-refractivity contribution in [3.63, 3.8) is 0 Å². The van der Waals surface area contributed by atoms with Crippen LogP contribution in [-0.2, 0) is 19.5 Å². The fraction of sp³-hybridized carbons (Fsp3) is 0.240. The minimum absolute atomic E-state index is 0.778. The van der Waals surface area contributed by atoms with E-state index in [0.29, 0.717) is 0 Å². The van der Waals surface area contributed by atoms with Gasteiger partial charge in [-0.1, -0.05) is 12.1 Å². The van der Waals surface area contributed by atoms with E-state index in [1.807, 2.05) is 42.7 Å². The van der Waals surface area contributed by atoms with Crippen LogP contribution in [-0.4, -0.2) is 40.6 Å². The average molecular weight is 445 g/mol. The van der Waals surface area contributed by atoms with Gasteiger partial charge in [0.05, 0.1) is 30.5 Å². The molecule has 5 rings (SSSR count). The topological polar surface area (TPSA) is 60.4 Å². The Morgan fingerprint density at radius 3 is 2.72 bits per heavy atom. The first-order chi connectivity index (χ1) is 15.7. The predicted molar refractivity (Wildman–Crippen MR) is 126 cm³/mol. The van der Waals surface area contributed by atoms with Crippen molar-refractivity contribution in [1.82, 2.24) is 19.9 Å². The zero-order valence-corrected chi connectivity index (χ0v) is 18.9. The molecule has 4 heterocycles. The number of aromatic nitrogens is 3. The molecule has 0 saturated heterocycles. The molecule has 0 aliphatic carbocycles. The minimum Gasteiger partial charge on any atom is -0.497 e. The van der Waals surface area contributed by atoms with Crippen molar-refractivity contribution in [1.29, 1.82) is 0 Å². The van der Waals surface area contributed by atoms with Crippen molar-refractivity contribution < 1.29 is 9.47 Å². The van der Waals surface area contributed by atoms with Gasteiger partial charge in [0, 0.05) is 49.6 Å². The lowest BCUT2D eigenvalue weighted by atomic mass is 10.1. The van der Waals surface area contributed by atoms with E-state index in [-0.39, 0.29) is 0 Å². The van der Waals surface area contributed by atoms with Gasteiger partial charge in [0.15, 0.2) is 5.82 Å². The maximum absolute atomic E-state index is 5.50. The zero-order valence-electron chi connectivity index (χ0n) is 18.1. The second-order valence-electron chi connectivity index (χ2n) is 7.72. The molecule has 32 heavy (non-hydrogen) atoms. The Bertz CT molecular complexity index is 1210. The summed E-state index contributed by atoms with van der Waals surface area (Å²) in [6.45, 7) is 2.67. The van der Waals surface area contributed by atoms with E-state index in [1.165, 1.54) is 16.8 Å². The van der Waals surface area contributed by atoms with Crippen LogP contribution in [0.5, 0.6) is 11.5 Å². The lowest BCUT2D eigenvalue weighted by Crippen LogP contribution is -2.31. The number of benzene rings is 1. The van der Waals surface area contributed by atoms with E-state index in [1.54, 1.807) is 25.6 Å². The molecular weight excluding hydrogens is 420 g/mol. The third-order valence-corrected chi connectivity index (χ3v) is 6.53. The summed E-state index contributed by atoms with van der Waals surface area (Å²) in [5.74, 6) is 2.39. The van der Waals surface area contributed by atoms with Gasteiger partial charge < -0.3 is 9.47 Å². The number of fused-ring (bicyclic) bond motifs is 1. The third-order valence-electron chi connectivity index (χ3n) is 5.67. The molecule has 1 aliphatic rings. The number of hydrogen-bond acceptors (Lipinski definition) is 7. The maximum atomic E-state index is 5.50. The monoisotopic (exact) mass is 444 g/mol. The van der Waals surface area contributed by atoms with Crippen molar-refractivity contribution in [2.24, 2.45) is 0 Å². The minimum atomic E-state index is 0.778. The summed E-state index contributed by atoms with van der Waals surface area (Å²) in [6.07, 6.45) is 4.86. The van der Waals surface area contributed by atoms with Crippen LogP contribution < -0.4 is 9.47 Å². The molecule has 6 nitrogen and oxygen atoms in total. The van der Waals surface area contributed by atoms with Gasteiger partial charge in [0.2, 0.25) is 0 Å². The van der Waals surface area contributed by atoms with Crippen LogP contribution in [0.4, 0.5) is 0 Å². The summed E-state index contributed by atoms with van der Waals surface area (Å²) >= 11 is 1.68. The molecule has 0 bridgehead atoms. The maximum Gasteiger partial charge on any atom is 0.169 e. The second kappa shape index (κ2) is 9.06. The van der Waals surface area contributed by atoms with Gasteiger partial charge in [-0.25, -0.2) is 9.97 Å². The highest BCUT2D eigenvalue weighted by Gasteiger charge is 2.19. The van der Waals surface area contributed by atoms with Crippen LogP contribution in [0.2, 0.25) is 0 Å². The molecule has 0 unspecified atom stereocenters. The van der Waals surface area contributed by atoms with E-state index >= 15 is 0 Å². The molecule has 162 valence electrons. The van der Waals surface area contributed by atoms with Crippen LogP contribution in [0.1, 0.15) is 16.8 Å². The third kappa shape index (κ3) is 4.22. The molecule has 3 aromatic heterocycles. The lowest BCUT2D eigenvalue weighted by molar-refractivity contribution is 0.242. The highest BCUT2D eigenvalue weighted by Crippen LogP contribution is 2.32. The van der Waals surface area contributed by atoms with Gasteiger partial charge in [0.25, 0.3) is 0 Å². The molecule has 0 fully saturated rings. The van der Waals surface area contributed by atoms with E-state index in [2.05, 4.69) is 27.4 Å². The Labute approximate surface area is 191 Å². The molecular formula is C25H24N4O2S. The number of pyridine rings is 1. The fourth-order valence-corrected chi connectivity index (χ4v) is 4.65. The Hall–Kier alpha value is -3.29. The van der Waals surface area contributed by atoms with Gasteiger partial charge in [0.1, 0.15) is 11.5 Å². The van der Waals surface area contributed by atoms with Crippen molar-refractivity contribution in [2.75, 3.05) is 20.8 Å². The van der Waals surface area contributed by atoms with Gasteiger partial charge in [-0.15, -0.1) is 11.3 Å². The Morgan fingerprint density at radius 1 is 1.03 bits per heavy atom. The Kier molecular flexibility index (Phi) is 5.83. The second-order valence-corrected chi connectivity index (χ2v) is 8.67. The van der Waals surface area contributed by atoms with Crippen molar-refractivity contribution in [2.45, 2.75) is 19.5 Å². The Balaban J connectivity index is 1.29. The number of methoxy groups -OCH3 is 2. The molecule has 0 radical (unpaired) electrons. The van der Waals surface area contributed by atoms with Gasteiger partial charge in [-0.2, -0.15) is 0 Å². The van der Waals surface area contributed by atoms with Crippen LogP contribution in [0, 0.1) is 0 Å². The first kappa shape index (κ1) is 20.6. The van der Waals surface area contributed by atoms with E-state index in [9.17, 15) is 0 Å². The smallest absolute Gasteiger partial charge is 0.169 e. The number of thiophene rings is 1.